The van der Waals surface area contributed by atoms with Crippen LogP contribution in [0.4, 0.5) is 0 Å². The van der Waals surface area contributed by atoms with E-state index in [4.69, 9.17) is 10.8 Å². The first-order valence-electron chi connectivity index (χ1n) is 5.78. The normalized spacial score (nSPS) is 18.6. The molecule has 1 aliphatic carbocycles. The molecular weight excluding hydrogens is 202 g/mol. The Morgan fingerprint density at radius 2 is 1.94 bits per heavy atom. The van der Waals surface area contributed by atoms with E-state index in [1.54, 1.807) is 12.1 Å². The maximum atomic E-state index is 11.1. The molecule has 2 rings (SSSR count). The zero-order valence-electron chi connectivity index (χ0n) is 9.23. The third-order valence-corrected chi connectivity index (χ3v) is 3.46. The van der Waals surface area contributed by atoms with Crippen LogP contribution in [-0.2, 0) is 0 Å². The number of carboxylic acid groups (broad SMARTS) is 1. The van der Waals surface area contributed by atoms with Gasteiger partial charge in [-0.1, -0.05) is 31.0 Å². The Bertz CT molecular complexity index is 383. The molecule has 1 fully saturated rings. The van der Waals surface area contributed by atoms with Gasteiger partial charge in [-0.25, -0.2) is 4.79 Å². The summed E-state index contributed by atoms with van der Waals surface area (Å²) in [5, 5.41) is 9.10. The Balaban J connectivity index is 2.27. The SMILES string of the molecule is NC(c1ccccc1C(=O)O)C1CCCC1. The first-order valence-corrected chi connectivity index (χ1v) is 5.78. The van der Waals surface area contributed by atoms with Gasteiger partial charge in [-0.2, -0.15) is 0 Å². The van der Waals surface area contributed by atoms with Crippen LogP contribution >= 0.6 is 0 Å². The van der Waals surface area contributed by atoms with Crippen LogP contribution in [0, 0.1) is 5.92 Å². The summed E-state index contributed by atoms with van der Waals surface area (Å²) < 4.78 is 0. The molecule has 0 heterocycles. The average molecular weight is 219 g/mol. The monoisotopic (exact) mass is 219 g/mol. The molecule has 1 atom stereocenters. The highest BCUT2D eigenvalue weighted by Gasteiger charge is 2.25. The highest BCUT2D eigenvalue weighted by molar-refractivity contribution is 5.89. The van der Waals surface area contributed by atoms with Gasteiger partial charge in [-0.15, -0.1) is 0 Å². The Morgan fingerprint density at radius 3 is 2.56 bits per heavy atom. The van der Waals surface area contributed by atoms with Gasteiger partial charge in [0.25, 0.3) is 0 Å². The van der Waals surface area contributed by atoms with Crippen LogP contribution in [0.2, 0.25) is 0 Å². The van der Waals surface area contributed by atoms with Gasteiger partial charge < -0.3 is 10.8 Å². The molecule has 3 nitrogen and oxygen atoms in total. The summed E-state index contributed by atoms with van der Waals surface area (Å²) in [6.45, 7) is 0. The van der Waals surface area contributed by atoms with Crippen molar-refractivity contribution >= 4 is 5.97 Å². The largest absolute Gasteiger partial charge is 0.478 e. The number of rotatable bonds is 3. The standard InChI is InChI=1S/C13H17NO2/c14-12(9-5-1-2-6-9)10-7-3-4-8-11(10)13(15)16/h3-4,7-9,12H,1-2,5-6,14H2,(H,15,16). The van der Waals surface area contributed by atoms with E-state index in [2.05, 4.69) is 0 Å². The third kappa shape index (κ3) is 2.09. The number of benzene rings is 1. The van der Waals surface area contributed by atoms with Crippen molar-refractivity contribution in [3.63, 3.8) is 0 Å². The summed E-state index contributed by atoms with van der Waals surface area (Å²) in [4.78, 5) is 11.1. The number of carbonyl (C=O) groups is 1. The minimum atomic E-state index is -0.885. The van der Waals surface area contributed by atoms with Crippen LogP contribution < -0.4 is 5.73 Å². The fourth-order valence-corrected chi connectivity index (χ4v) is 2.55. The lowest BCUT2D eigenvalue weighted by Crippen LogP contribution is -2.21. The molecule has 1 saturated carbocycles. The van der Waals surface area contributed by atoms with Crippen LogP contribution in [0.5, 0.6) is 0 Å². The van der Waals surface area contributed by atoms with E-state index in [0.717, 1.165) is 18.4 Å². The molecule has 3 N–H and O–H groups in total. The molecule has 0 saturated heterocycles. The van der Waals surface area contributed by atoms with Crippen molar-refractivity contribution in [2.75, 3.05) is 0 Å². The molecular formula is C13H17NO2. The summed E-state index contributed by atoms with van der Waals surface area (Å²) in [6, 6.07) is 6.94. The number of nitrogens with two attached hydrogens (primary N) is 1. The topological polar surface area (TPSA) is 63.3 Å². The van der Waals surface area contributed by atoms with Crippen molar-refractivity contribution in [3.05, 3.63) is 35.4 Å². The van der Waals surface area contributed by atoms with Crippen LogP contribution in [0.15, 0.2) is 24.3 Å². The number of aromatic carboxylic acids is 1. The second-order valence-electron chi connectivity index (χ2n) is 4.46. The van der Waals surface area contributed by atoms with E-state index >= 15 is 0 Å². The van der Waals surface area contributed by atoms with E-state index in [1.807, 2.05) is 12.1 Å². The van der Waals surface area contributed by atoms with Gasteiger partial charge >= 0.3 is 5.97 Å². The van der Waals surface area contributed by atoms with Crippen LogP contribution in [-0.4, -0.2) is 11.1 Å². The molecule has 3 heteroatoms. The highest BCUT2D eigenvalue weighted by Crippen LogP contribution is 2.35. The summed E-state index contributed by atoms with van der Waals surface area (Å²) in [5.74, 6) is -0.440. The minimum Gasteiger partial charge on any atom is -0.478 e. The highest BCUT2D eigenvalue weighted by atomic mass is 16.4. The molecule has 1 aromatic carbocycles. The molecule has 0 aromatic heterocycles. The number of hydrogen-bond acceptors (Lipinski definition) is 2. The van der Waals surface area contributed by atoms with Crippen molar-refractivity contribution in [2.24, 2.45) is 11.7 Å². The van der Waals surface area contributed by atoms with Crippen molar-refractivity contribution in [1.29, 1.82) is 0 Å². The third-order valence-electron chi connectivity index (χ3n) is 3.46. The zero-order chi connectivity index (χ0) is 11.5. The van der Waals surface area contributed by atoms with Crippen LogP contribution in [0.25, 0.3) is 0 Å². The molecule has 1 aromatic rings. The fourth-order valence-electron chi connectivity index (χ4n) is 2.55. The fraction of sp³-hybridized carbons (Fsp3) is 0.462. The second-order valence-corrected chi connectivity index (χ2v) is 4.46. The van der Waals surface area contributed by atoms with E-state index in [1.165, 1.54) is 12.8 Å². The molecule has 1 unspecified atom stereocenters. The summed E-state index contributed by atoms with van der Waals surface area (Å²) in [6.07, 6.45) is 4.67. The summed E-state index contributed by atoms with van der Waals surface area (Å²) >= 11 is 0. The number of carboxylic acids is 1. The number of hydrogen-bond donors (Lipinski definition) is 2. The van der Waals surface area contributed by atoms with Crippen molar-refractivity contribution < 1.29 is 9.90 Å². The first kappa shape index (κ1) is 11.1. The predicted molar refractivity (Wildman–Crippen MR) is 62.3 cm³/mol. The minimum absolute atomic E-state index is 0.130. The molecule has 0 spiro atoms. The lowest BCUT2D eigenvalue weighted by Gasteiger charge is -2.20. The van der Waals surface area contributed by atoms with Gasteiger partial charge in [0.1, 0.15) is 0 Å². The van der Waals surface area contributed by atoms with Gasteiger partial charge in [0, 0.05) is 6.04 Å². The van der Waals surface area contributed by atoms with E-state index in [-0.39, 0.29) is 6.04 Å². The van der Waals surface area contributed by atoms with E-state index < -0.39 is 5.97 Å². The Labute approximate surface area is 95.3 Å². The molecule has 0 bridgehead atoms. The Morgan fingerprint density at radius 1 is 1.31 bits per heavy atom. The maximum absolute atomic E-state index is 11.1. The molecule has 0 aliphatic heterocycles. The second kappa shape index (κ2) is 4.66. The van der Waals surface area contributed by atoms with E-state index in [0.29, 0.717) is 11.5 Å². The van der Waals surface area contributed by atoms with Crippen molar-refractivity contribution in [2.45, 2.75) is 31.7 Å². The molecule has 0 radical (unpaired) electrons. The van der Waals surface area contributed by atoms with Gasteiger partial charge in [0.2, 0.25) is 0 Å². The quantitative estimate of drug-likeness (QED) is 0.821. The summed E-state index contributed by atoms with van der Waals surface area (Å²) in [7, 11) is 0. The lowest BCUT2D eigenvalue weighted by molar-refractivity contribution is 0.0694. The lowest BCUT2D eigenvalue weighted by atomic mass is 9.89. The predicted octanol–water partition coefficient (Wildman–Crippen LogP) is 2.57. The van der Waals surface area contributed by atoms with Gasteiger partial charge in [0.15, 0.2) is 0 Å². The molecule has 1 aliphatic rings. The zero-order valence-corrected chi connectivity index (χ0v) is 9.23. The average Bonchev–Trinajstić information content (AvgIpc) is 2.81. The van der Waals surface area contributed by atoms with Gasteiger partial charge in [-0.05, 0) is 30.4 Å². The Kier molecular flexibility index (Phi) is 3.25. The molecule has 16 heavy (non-hydrogen) atoms. The van der Waals surface area contributed by atoms with Crippen LogP contribution in [0.3, 0.4) is 0 Å². The summed E-state index contributed by atoms with van der Waals surface area (Å²) in [5.41, 5.74) is 7.30. The van der Waals surface area contributed by atoms with Crippen molar-refractivity contribution in [1.82, 2.24) is 0 Å². The Hall–Kier alpha value is -1.35. The molecule has 0 amide bonds. The smallest absolute Gasteiger partial charge is 0.336 e. The molecule has 86 valence electrons. The van der Waals surface area contributed by atoms with E-state index in [9.17, 15) is 4.79 Å². The van der Waals surface area contributed by atoms with Gasteiger partial charge in [-0.3, -0.25) is 0 Å². The maximum Gasteiger partial charge on any atom is 0.336 e. The van der Waals surface area contributed by atoms with Crippen LogP contribution in [0.1, 0.15) is 47.6 Å². The van der Waals surface area contributed by atoms with Crippen molar-refractivity contribution in [3.8, 4) is 0 Å². The van der Waals surface area contributed by atoms with Gasteiger partial charge in [0.05, 0.1) is 5.56 Å². The first-order chi connectivity index (χ1) is 7.70.